The van der Waals surface area contributed by atoms with Gasteiger partial charge in [0.2, 0.25) is 5.78 Å². The van der Waals surface area contributed by atoms with Crippen molar-refractivity contribution >= 4 is 17.5 Å². The molecule has 4 aliphatic carbocycles. The number of fused-ring (bicyclic) bond motifs is 5. The van der Waals surface area contributed by atoms with Crippen LogP contribution in [0, 0.1) is 28.6 Å². The number of esters is 1. The van der Waals surface area contributed by atoms with Crippen LogP contribution in [0.1, 0.15) is 99.3 Å². The number of allylic oxidation sites excluding steroid dienone is 9. The van der Waals surface area contributed by atoms with Crippen molar-refractivity contribution in [2.24, 2.45) is 28.6 Å². The van der Waals surface area contributed by atoms with Crippen molar-refractivity contribution in [2.75, 3.05) is 6.61 Å². The van der Waals surface area contributed by atoms with Gasteiger partial charge in [-0.1, -0.05) is 54.4 Å². The predicted octanol–water partition coefficient (Wildman–Crippen LogP) is 6.53. The molecule has 0 saturated heterocycles. The molecule has 0 amide bonds. The van der Waals surface area contributed by atoms with E-state index in [0.717, 1.165) is 49.7 Å². The molecule has 4 rings (SSSR count). The van der Waals surface area contributed by atoms with E-state index in [9.17, 15) is 24.6 Å². The first kappa shape index (κ1) is 32.3. The lowest BCUT2D eigenvalue weighted by atomic mass is 9.46. The summed E-state index contributed by atoms with van der Waals surface area (Å²) in [6.45, 7) is 11.8. The number of hydrogen-bond donors (Lipinski definition) is 2. The molecule has 3 fully saturated rings. The summed E-state index contributed by atoms with van der Waals surface area (Å²) in [6, 6.07) is 0. The van der Waals surface area contributed by atoms with E-state index in [1.54, 1.807) is 12.2 Å². The molecule has 3 saturated carbocycles. The molecule has 6 nitrogen and oxygen atoms in total. The Morgan fingerprint density at radius 2 is 1.74 bits per heavy atom. The number of aliphatic hydroxyl groups excluding tert-OH is 1. The number of carbonyl (C=O) groups excluding carboxylic acids is 3. The Balaban J connectivity index is 1.36. The maximum Gasteiger partial charge on any atom is 0.331 e. The summed E-state index contributed by atoms with van der Waals surface area (Å²) in [5.41, 5.74) is 1.73. The van der Waals surface area contributed by atoms with Gasteiger partial charge >= 0.3 is 5.97 Å². The second-order valence-corrected chi connectivity index (χ2v) is 14.0. The van der Waals surface area contributed by atoms with Crippen molar-refractivity contribution in [3.63, 3.8) is 0 Å². The first-order valence-corrected chi connectivity index (χ1v) is 15.7. The van der Waals surface area contributed by atoms with Gasteiger partial charge in [0, 0.05) is 22.8 Å². The quantitative estimate of drug-likeness (QED) is 0.174. The van der Waals surface area contributed by atoms with Gasteiger partial charge in [-0.15, -0.1) is 0 Å². The molecule has 6 heteroatoms. The fraction of sp³-hybridized carbons (Fsp3) is 0.639. The molecule has 0 unspecified atom stereocenters. The van der Waals surface area contributed by atoms with Crippen molar-refractivity contribution in [1.29, 1.82) is 0 Å². The monoisotopic (exact) mass is 578 g/mol. The van der Waals surface area contributed by atoms with Crippen molar-refractivity contribution in [3.05, 3.63) is 58.7 Å². The standard InChI is InChI=1S/C36H50O6/c1-23(2)9-7-10-24(3)11-8-12-25(4)19-32(40)42-22-31(39)36(41)18-16-29-28-14-13-26-20-27(37)15-17-34(26,5)33(28)30(38)21-35(29,36)6/h9,11,15,17,19-20,28-30,33,38,41H,7-8,10,12-14,16,18,21-22H2,1-6H3/b24-11+,25-19+/t28-,29-,30-,33+,34-,35-,36-/m0/s1. The lowest BCUT2D eigenvalue weighted by molar-refractivity contribution is -0.180. The van der Waals surface area contributed by atoms with Gasteiger partial charge in [0.1, 0.15) is 5.60 Å². The first-order chi connectivity index (χ1) is 19.7. The Morgan fingerprint density at radius 3 is 2.45 bits per heavy atom. The molecule has 7 atom stereocenters. The Hall–Kier alpha value is -2.57. The van der Waals surface area contributed by atoms with E-state index in [0.29, 0.717) is 19.3 Å². The predicted molar refractivity (Wildman–Crippen MR) is 164 cm³/mol. The summed E-state index contributed by atoms with van der Waals surface area (Å²) >= 11 is 0. The Morgan fingerprint density at radius 1 is 1.05 bits per heavy atom. The summed E-state index contributed by atoms with van der Waals surface area (Å²) in [5, 5.41) is 23.4. The number of hydrogen-bond acceptors (Lipinski definition) is 6. The Kier molecular flexibility index (Phi) is 9.69. The van der Waals surface area contributed by atoms with E-state index in [4.69, 9.17) is 4.74 Å². The highest BCUT2D eigenvalue weighted by atomic mass is 16.5. The zero-order valence-corrected chi connectivity index (χ0v) is 26.4. The molecular formula is C36H50O6. The minimum atomic E-state index is -1.66. The van der Waals surface area contributed by atoms with E-state index in [-0.39, 0.29) is 23.5 Å². The second kappa shape index (κ2) is 12.6. The number of carbonyl (C=O) groups is 3. The zero-order chi connectivity index (χ0) is 30.9. The maximum absolute atomic E-state index is 13.5. The van der Waals surface area contributed by atoms with Crippen LogP contribution in [0.2, 0.25) is 0 Å². The molecular weight excluding hydrogens is 528 g/mol. The summed E-state index contributed by atoms with van der Waals surface area (Å²) in [4.78, 5) is 38.1. The average molecular weight is 579 g/mol. The van der Waals surface area contributed by atoms with Crippen molar-refractivity contribution in [3.8, 4) is 0 Å². The Labute approximate surface area is 251 Å². The number of ether oxygens (including phenoxy) is 1. The highest BCUT2D eigenvalue weighted by Gasteiger charge is 2.68. The molecule has 230 valence electrons. The lowest BCUT2D eigenvalue weighted by Crippen LogP contribution is -2.61. The molecule has 42 heavy (non-hydrogen) atoms. The van der Waals surface area contributed by atoms with E-state index >= 15 is 0 Å². The molecule has 0 aliphatic heterocycles. The minimum absolute atomic E-state index is 0.00542. The molecule has 4 aliphatic rings. The van der Waals surface area contributed by atoms with Gasteiger partial charge in [0.15, 0.2) is 12.4 Å². The van der Waals surface area contributed by atoms with Crippen LogP contribution in [-0.4, -0.2) is 46.1 Å². The second-order valence-electron chi connectivity index (χ2n) is 14.0. The highest BCUT2D eigenvalue weighted by Crippen LogP contribution is 2.67. The summed E-state index contributed by atoms with van der Waals surface area (Å²) in [5.74, 6) is -0.957. The van der Waals surface area contributed by atoms with Gasteiger partial charge < -0.3 is 14.9 Å². The van der Waals surface area contributed by atoms with Crippen LogP contribution in [0.4, 0.5) is 0 Å². The Bertz CT molecular complexity index is 1250. The van der Waals surface area contributed by atoms with Crippen molar-refractivity contribution in [2.45, 2.75) is 111 Å². The zero-order valence-electron chi connectivity index (χ0n) is 26.4. The van der Waals surface area contributed by atoms with Crippen LogP contribution >= 0.6 is 0 Å². The van der Waals surface area contributed by atoms with Crippen LogP contribution in [0.15, 0.2) is 58.7 Å². The van der Waals surface area contributed by atoms with Crippen LogP contribution in [-0.2, 0) is 19.1 Å². The fourth-order valence-corrected chi connectivity index (χ4v) is 8.60. The normalized spacial score (nSPS) is 36.0. The van der Waals surface area contributed by atoms with Crippen LogP contribution in [0.25, 0.3) is 0 Å². The number of Topliss-reactive ketones (excluding diaryl/α,β-unsaturated/α-hetero) is 1. The van der Waals surface area contributed by atoms with E-state index in [1.807, 2.05) is 19.9 Å². The largest absolute Gasteiger partial charge is 0.454 e. The van der Waals surface area contributed by atoms with Crippen LogP contribution in [0.3, 0.4) is 0 Å². The third-order valence-electron chi connectivity index (χ3n) is 10.9. The van der Waals surface area contributed by atoms with Gasteiger partial charge in [-0.25, -0.2) is 4.79 Å². The van der Waals surface area contributed by atoms with Gasteiger partial charge in [0.25, 0.3) is 0 Å². The number of aliphatic hydroxyl groups is 2. The number of ketones is 2. The summed E-state index contributed by atoms with van der Waals surface area (Å²) < 4.78 is 5.35. The average Bonchev–Trinajstić information content (AvgIpc) is 3.18. The lowest BCUT2D eigenvalue weighted by Gasteiger charge is -2.59. The van der Waals surface area contributed by atoms with Gasteiger partial charge in [-0.05, 0) is 109 Å². The maximum atomic E-state index is 13.5. The first-order valence-electron chi connectivity index (χ1n) is 15.7. The number of rotatable bonds is 10. The van der Waals surface area contributed by atoms with Crippen molar-refractivity contribution < 1.29 is 29.3 Å². The molecule has 0 bridgehead atoms. The van der Waals surface area contributed by atoms with Crippen LogP contribution < -0.4 is 0 Å². The molecule has 0 aromatic carbocycles. The summed E-state index contributed by atoms with van der Waals surface area (Å²) in [7, 11) is 0. The SMILES string of the molecule is CC(C)=CCC/C(C)=C/CC/C(C)=C/C(=O)OCC(=O)[C@@]1(O)CC[C@H]2[C@@H]3CCC4=CC(=O)C=C[C@]4(C)[C@H]3[C@@H](O)C[C@@]21C. The third-order valence-corrected chi connectivity index (χ3v) is 10.9. The molecule has 0 spiro atoms. The molecule has 2 N–H and O–H groups in total. The third kappa shape index (κ3) is 6.21. The van der Waals surface area contributed by atoms with E-state index < -0.39 is 40.9 Å². The highest BCUT2D eigenvalue weighted by molar-refractivity contribution is 6.01. The topological polar surface area (TPSA) is 101 Å². The molecule has 0 aromatic rings. The molecule has 0 heterocycles. The van der Waals surface area contributed by atoms with Gasteiger partial charge in [0.05, 0.1) is 6.10 Å². The fourth-order valence-electron chi connectivity index (χ4n) is 8.60. The van der Waals surface area contributed by atoms with Gasteiger partial charge in [-0.2, -0.15) is 0 Å². The minimum Gasteiger partial charge on any atom is -0.454 e. The van der Waals surface area contributed by atoms with E-state index in [1.165, 1.54) is 17.2 Å². The van der Waals surface area contributed by atoms with Crippen molar-refractivity contribution in [1.82, 2.24) is 0 Å². The molecule has 0 aromatic heterocycles. The molecule has 0 radical (unpaired) electrons. The van der Waals surface area contributed by atoms with Gasteiger partial charge in [-0.3, -0.25) is 9.59 Å². The summed E-state index contributed by atoms with van der Waals surface area (Å²) in [6.07, 6.45) is 16.9. The van der Waals surface area contributed by atoms with Crippen LogP contribution in [0.5, 0.6) is 0 Å². The smallest absolute Gasteiger partial charge is 0.331 e. The van der Waals surface area contributed by atoms with E-state index in [2.05, 4.69) is 39.8 Å².